The van der Waals surface area contributed by atoms with Gasteiger partial charge in [-0.25, -0.2) is 18.1 Å². The number of pyridine rings is 2. The van der Waals surface area contributed by atoms with Crippen molar-refractivity contribution < 1.29 is 18.3 Å². The van der Waals surface area contributed by atoms with Gasteiger partial charge in [0.1, 0.15) is 5.52 Å². The second kappa shape index (κ2) is 15.4. The SMILES string of the molecule is CS(=O)(=O)NCCNC1CCCn2nc(C(=O)Nc3cccc(-c4cccc(Nc5nccc6cc(CN7CC[C@@H](O)C7)cnc56)c4Cl)c3Cl)cc21. The predicted molar refractivity (Wildman–Crippen MR) is 204 cm³/mol. The summed E-state index contributed by atoms with van der Waals surface area (Å²) in [5.74, 6) is 0.147. The number of β-amino-alcohol motifs (C(OH)–C–C–N with tert-alkyl or cyclic N) is 1. The molecule has 7 rings (SSSR count). The van der Waals surface area contributed by atoms with E-state index in [2.05, 4.69) is 41.7 Å². The highest BCUT2D eigenvalue weighted by atomic mass is 35.5. The molecule has 1 saturated heterocycles. The Morgan fingerprint density at radius 2 is 1.75 bits per heavy atom. The molecule has 5 aromatic rings. The van der Waals surface area contributed by atoms with Crippen LogP contribution in [0.5, 0.6) is 0 Å². The largest absolute Gasteiger partial charge is 0.392 e. The number of aryl methyl sites for hydroxylation is 1. The second-order valence-electron chi connectivity index (χ2n) is 13.2. The van der Waals surface area contributed by atoms with Crippen molar-refractivity contribution in [1.29, 1.82) is 0 Å². The van der Waals surface area contributed by atoms with Crippen molar-refractivity contribution in [1.82, 2.24) is 34.7 Å². The van der Waals surface area contributed by atoms with Gasteiger partial charge in [0.15, 0.2) is 11.5 Å². The molecule has 272 valence electrons. The summed E-state index contributed by atoms with van der Waals surface area (Å²) in [5.41, 5.74) is 5.19. The van der Waals surface area contributed by atoms with Crippen LogP contribution < -0.4 is 20.7 Å². The first-order valence-corrected chi connectivity index (χ1v) is 19.7. The number of hydrogen-bond acceptors (Lipinski definition) is 10. The highest BCUT2D eigenvalue weighted by Crippen LogP contribution is 2.41. The fraction of sp³-hybridized carbons (Fsp3) is 0.333. The number of sulfonamides is 1. The molecule has 2 aromatic carbocycles. The average molecular weight is 765 g/mol. The van der Waals surface area contributed by atoms with Crippen LogP contribution in [0.2, 0.25) is 10.0 Å². The van der Waals surface area contributed by atoms with Gasteiger partial charge in [0.05, 0.1) is 39.5 Å². The average Bonchev–Trinajstić information content (AvgIpc) is 3.74. The van der Waals surface area contributed by atoms with Crippen molar-refractivity contribution in [2.45, 2.75) is 44.5 Å². The molecular formula is C36H39Cl2N9O4S. The van der Waals surface area contributed by atoms with Gasteiger partial charge in [0, 0.05) is 74.2 Å². The summed E-state index contributed by atoms with van der Waals surface area (Å²) in [6.45, 7) is 3.62. The number of hydrogen-bond donors (Lipinski definition) is 5. The van der Waals surface area contributed by atoms with E-state index in [9.17, 15) is 18.3 Å². The Kier molecular flexibility index (Phi) is 10.8. The van der Waals surface area contributed by atoms with Gasteiger partial charge >= 0.3 is 0 Å². The summed E-state index contributed by atoms with van der Waals surface area (Å²) in [6, 6.07) is 16.6. The van der Waals surface area contributed by atoms with Crippen molar-refractivity contribution in [3.05, 3.63) is 94.0 Å². The van der Waals surface area contributed by atoms with Crippen molar-refractivity contribution in [3.63, 3.8) is 0 Å². The highest BCUT2D eigenvalue weighted by molar-refractivity contribution is 7.88. The number of aromatic nitrogens is 4. The Morgan fingerprint density at radius 3 is 2.50 bits per heavy atom. The predicted octanol–water partition coefficient (Wildman–Crippen LogP) is 5.34. The molecule has 3 aromatic heterocycles. The summed E-state index contributed by atoms with van der Waals surface area (Å²) >= 11 is 13.9. The van der Waals surface area contributed by atoms with Gasteiger partial charge < -0.3 is 21.1 Å². The first-order chi connectivity index (χ1) is 25.0. The minimum Gasteiger partial charge on any atom is -0.392 e. The first kappa shape index (κ1) is 36.2. The maximum atomic E-state index is 13.5. The molecule has 16 heteroatoms. The number of carbonyl (C=O) groups is 1. The normalized spacial score (nSPS) is 17.7. The van der Waals surface area contributed by atoms with Gasteiger partial charge in [-0.3, -0.25) is 19.4 Å². The van der Waals surface area contributed by atoms with Crippen LogP contribution in [0, 0.1) is 0 Å². The standard InChI is InChI=1S/C36H39Cl2N9O4S/c1-52(50,51)42-14-13-39-27-9-4-15-47-31(27)18-30(45-47)36(49)44-29-8-3-6-26(33(29)38)25-5-2-7-28(32(25)37)43-35-34-23(10-12-40-35)17-22(19-41-34)20-46-16-11-24(48)21-46/h2-3,5-8,10,12,17-19,24,27,39,42,48H,4,9,11,13-16,20-21H2,1H3,(H,40,43)(H,44,49)/t24-,27?/m1/s1. The van der Waals surface area contributed by atoms with Gasteiger partial charge in [-0.05, 0) is 55.2 Å². The molecule has 2 atom stereocenters. The third-order valence-electron chi connectivity index (χ3n) is 9.24. The number of halogens is 2. The van der Waals surface area contributed by atoms with Gasteiger partial charge in [-0.2, -0.15) is 5.10 Å². The number of fused-ring (bicyclic) bond motifs is 2. The quantitative estimate of drug-likeness (QED) is 0.105. The van der Waals surface area contributed by atoms with Crippen LogP contribution in [0.4, 0.5) is 17.2 Å². The lowest BCUT2D eigenvalue weighted by Crippen LogP contribution is -2.35. The molecule has 1 unspecified atom stereocenters. The van der Waals surface area contributed by atoms with E-state index in [0.717, 1.165) is 55.3 Å². The van der Waals surface area contributed by atoms with Crippen LogP contribution in [0.1, 0.15) is 47.1 Å². The summed E-state index contributed by atoms with van der Waals surface area (Å²) < 4.78 is 27.1. The van der Waals surface area contributed by atoms with Gasteiger partial charge in [-0.1, -0.05) is 47.5 Å². The Hall–Kier alpha value is -4.15. The highest BCUT2D eigenvalue weighted by Gasteiger charge is 2.25. The number of amides is 1. The number of aliphatic hydroxyl groups excluding tert-OH is 1. The Balaban J connectivity index is 1.06. The Labute approximate surface area is 311 Å². The van der Waals surface area contributed by atoms with E-state index >= 15 is 0 Å². The van der Waals surface area contributed by atoms with Crippen LogP contribution in [0.25, 0.3) is 22.0 Å². The van der Waals surface area contributed by atoms with E-state index in [1.165, 1.54) is 0 Å². The number of benzene rings is 2. The second-order valence-corrected chi connectivity index (χ2v) is 15.7. The molecule has 0 saturated carbocycles. The smallest absolute Gasteiger partial charge is 0.276 e. The molecule has 5 heterocycles. The fourth-order valence-electron chi connectivity index (χ4n) is 6.77. The van der Waals surface area contributed by atoms with Crippen LogP contribution in [-0.2, 0) is 23.1 Å². The molecule has 0 bridgehead atoms. The number of rotatable bonds is 12. The fourth-order valence-corrected chi connectivity index (χ4v) is 7.79. The zero-order valence-electron chi connectivity index (χ0n) is 28.4. The van der Waals surface area contributed by atoms with Crippen molar-refractivity contribution in [3.8, 4) is 11.1 Å². The molecule has 2 aliphatic heterocycles. The number of likely N-dealkylation sites (tertiary alicyclic amines) is 1. The maximum Gasteiger partial charge on any atom is 0.276 e. The number of aliphatic hydroxyl groups is 1. The molecule has 1 fully saturated rings. The van der Waals surface area contributed by atoms with Gasteiger partial charge in [-0.15, -0.1) is 0 Å². The zero-order valence-corrected chi connectivity index (χ0v) is 30.8. The topological polar surface area (TPSA) is 166 Å². The number of carbonyl (C=O) groups excluding carboxylic acids is 1. The van der Waals surface area contributed by atoms with E-state index in [4.69, 9.17) is 28.2 Å². The first-order valence-electron chi connectivity index (χ1n) is 17.1. The van der Waals surface area contributed by atoms with E-state index in [1.807, 2.05) is 41.2 Å². The van der Waals surface area contributed by atoms with Crippen molar-refractivity contribution in [2.75, 3.05) is 43.1 Å². The third kappa shape index (κ3) is 8.23. The number of nitrogens with zero attached hydrogens (tertiary/aromatic N) is 5. The van der Waals surface area contributed by atoms with E-state index in [1.54, 1.807) is 24.4 Å². The molecule has 0 aliphatic carbocycles. The molecule has 0 radical (unpaired) electrons. The molecule has 52 heavy (non-hydrogen) atoms. The minimum atomic E-state index is -3.27. The zero-order chi connectivity index (χ0) is 36.4. The number of nitrogens with one attached hydrogen (secondary N) is 4. The lowest BCUT2D eigenvalue weighted by molar-refractivity contribution is 0.102. The molecule has 2 aliphatic rings. The van der Waals surface area contributed by atoms with Crippen LogP contribution in [-0.4, -0.2) is 82.6 Å². The summed E-state index contributed by atoms with van der Waals surface area (Å²) in [7, 11) is -3.27. The molecule has 1 amide bonds. The van der Waals surface area contributed by atoms with Crippen LogP contribution >= 0.6 is 23.2 Å². The van der Waals surface area contributed by atoms with E-state index < -0.39 is 15.9 Å². The molecule has 5 N–H and O–H groups in total. The van der Waals surface area contributed by atoms with E-state index in [0.29, 0.717) is 63.5 Å². The molecule has 13 nitrogen and oxygen atoms in total. The third-order valence-corrected chi connectivity index (χ3v) is 10.8. The molecule has 0 spiro atoms. The number of anilines is 3. The van der Waals surface area contributed by atoms with Crippen LogP contribution in [0.15, 0.2) is 67.0 Å². The maximum absolute atomic E-state index is 13.5. The Morgan fingerprint density at radius 1 is 0.981 bits per heavy atom. The van der Waals surface area contributed by atoms with Gasteiger partial charge in [0.2, 0.25) is 10.0 Å². The summed E-state index contributed by atoms with van der Waals surface area (Å²) in [6.07, 6.45) is 6.91. The van der Waals surface area contributed by atoms with E-state index in [-0.39, 0.29) is 24.4 Å². The monoisotopic (exact) mass is 763 g/mol. The summed E-state index contributed by atoms with van der Waals surface area (Å²) in [4.78, 5) is 25.0. The lowest BCUT2D eigenvalue weighted by atomic mass is 10.0. The molecular weight excluding hydrogens is 725 g/mol. The minimum absolute atomic E-state index is 0.0629. The van der Waals surface area contributed by atoms with Crippen molar-refractivity contribution >= 4 is 67.2 Å². The lowest BCUT2D eigenvalue weighted by Gasteiger charge is -2.24. The summed E-state index contributed by atoms with van der Waals surface area (Å²) in [5, 5.41) is 25.7. The Bertz CT molecular complexity index is 2230. The van der Waals surface area contributed by atoms with Crippen LogP contribution in [0.3, 0.4) is 0 Å². The van der Waals surface area contributed by atoms with Crippen molar-refractivity contribution in [2.24, 2.45) is 0 Å². The van der Waals surface area contributed by atoms with Gasteiger partial charge in [0.25, 0.3) is 5.91 Å².